The fraction of sp³-hybridized carbons (Fsp3) is 0.786. The predicted molar refractivity (Wildman–Crippen MR) is 76.2 cm³/mol. The van der Waals surface area contributed by atoms with Crippen LogP contribution in [0.2, 0.25) is 0 Å². The van der Waals surface area contributed by atoms with Gasteiger partial charge < -0.3 is 10.1 Å². The molecule has 0 spiro atoms. The number of hydrogen-bond donors (Lipinski definition) is 1. The second-order valence-corrected chi connectivity index (χ2v) is 6.47. The van der Waals surface area contributed by atoms with Crippen LogP contribution in [0.25, 0.3) is 0 Å². The molecule has 2 heterocycles. The molecule has 1 aromatic rings. The summed E-state index contributed by atoms with van der Waals surface area (Å²) in [7, 11) is 0. The Balaban J connectivity index is 1.73. The van der Waals surface area contributed by atoms with E-state index in [9.17, 15) is 0 Å². The van der Waals surface area contributed by atoms with Crippen molar-refractivity contribution in [3.63, 3.8) is 0 Å². The van der Waals surface area contributed by atoms with Crippen molar-refractivity contribution in [3.05, 3.63) is 16.1 Å². The van der Waals surface area contributed by atoms with Crippen LogP contribution in [0.1, 0.15) is 43.8 Å². The molecule has 1 aliphatic rings. The van der Waals surface area contributed by atoms with Gasteiger partial charge in [0.2, 0.25) is 0 Å². The quantitative estimate of drug-likeness (QED) is 0.891. The average Bonchev–Trinajstić information content (AvgIpc) is 2.75. The summed E-state index contributed by atoms with van der Waals surface area (Å²) in [6.45, 7) is 8.41. The summed E-state index contributed by atoms with van der Waals surface area (Å²) in [5.41, 5.74) is 1.29. The van der Waals surface area contributed by atoms with Crippen LogP contribution in [0.3, 0.4) is 0 Å². The Kier molecular flexibility index (Phi) is 4.76. The van der Waals surface area contributed by atoms with Gasteiger partial charge in [0.15, 0.2) is 0 Å². The van der Waals surface area contributed by atoms with Gasteiger partial charge >= 0.3 is 0 Å². The molecule has 0 radical (unpaired) electrons. The molecule has 0 aromatic carbocycles. The highest BCUT2D eigenvalue weighted by molar-refractivity contribution is 7.09. The summed E-state index contributed by atoms with van der Waals surface area (Å²) in [6, 6.07) is 0.600. The smallest absolute Gasteiger partial charge is 0.0897 e. The zero-order valence-electron chi connectivity index (χ0n) is 11.7. The highest BCUT2D eigenvalue weighted by Gasteiger charge is 2.31. The van der Waals surface area contributed by atoms with E-state index < -0.39 is 0 Å². The van der Waals surface area contributed by atoms with E-state index in [0.717, 1.165) is 43.8 Å². The lowest BCUT2D eigenvalue weighted by Gasteiger charge is -2.38. The van der Waals surface area contributed by atoms with Crippen LogP contribution in [0.4, 0.5) is 0 Å². The Bertz CT molecular complexity index is 380. The third-order valence-corrected chi connectivity index (χ3v) is 4.65. The molecule has 102 valence electrons. The zero-order valence-corrected chi connectivity index (χ0v) is 12.5. The van der Waals surface area contributed by atoms with Gasteiger partial charge in [-0.3, -0.25) is 0 Å². The summed E-state index contributed by atoms with van der Waals surface area (Å²) >= 11 is 1.73. The van der Waals surface area contributed by atoms with E-state index in [1.54, 1.807) is 11.3 Å². The monoisotopic (exact) mass is 268 g/mol. The predicted octanol–water partition coefficient (Wildman–Crippen LogP) is 2.93. The minimum absolute atomic E-state index is 0.0765. The van der Waals surface area contributed by atoms with E-state index in [4.69, 9.17) is 4.74 Å². The van der Waals surface area contributed by atoms with Crippen molar-refractivity contribution in [2.75, 3.05) is 13.2 Å². The maximum Gasteiger partial charge on any atom is 0.0897 e. The Morgan fingerprint density at radius 3 is 3.11 bits per heavy atom. The molecule has 3 nitrogen and oxygen atoms in total. The van der Waals surface area contributed by atoms with Crippen LogP contribution in [-0.2, 0) is 11.2 Å². The van der Waals surface area contributed by atoms with Crippen molar-refractivity contribution >= 4 is 11.3 Å². The van der Waals surface area contributed by atoms with Gasteiger partial charge in [-0.25, -0.2) is 4.98 Å². The first-order chi connectivity index (χ1) is 8.61. The van der Waals surface area contributed by atoms with E-state index >= 15 is 0 Å². The van der Waals surface area contributed by atoms with Gasteiger partial charge in [-0.05, 0) is 33.1 Å². The molecule has 1 aromatic heterocycles. The molecule has 2 atom stereocenters. The number of rotatable bonds is 5. The highest BCUT2D eigenvalue weighted by atomic mass is 32.1. The SMILES string of the molecule is CCC1(C)CC(NCCc2csc(C)n2)CCO1. The first kappa shape index (κ1) is 14.0. The minimum Gasteiger partial charge on any atom is -0.375 e. The Hall–Kier alpha value is -0.450. The van der Waals surface area contributed by atoms with Gasteiger partial charge in [-0.15, -0.1) is 11.3 Å². The summed E-state index contributed by atoms with van der Waals surface area (Å²) in [4.78, 5) is 4.49. The maximum atomic E-state index is 5.86. The first-order valence-corrected chi connectivity index (χ1v) is 7.77. The molecule has 1 saturated heterocycles. The molecule has 4 heteroatoms. The van der Waals surface area contributed by atoms with Gasteiger partial charge in [0.1, 0.15) is 0 Å². The minimum atomic E-state index is 0.0765. The molecule has 1 aliphatic heterocycles. The second kappa shape index (κ2) is 6.13. The normalized spacial score (nSPS) is 28.5. The fourth-order valence-electron chi connectivity index (χ4n) is 2.48. The van der Waals surface area contributed by atoms with Crippen molar-refractivity contribution in [1.29, 1.82) is 0 Å². The van der Waals surface area contributed by atoms with Gasteiger partial charge in [0.05, 0.1) is 16.3 Å². The lowest BCUT2D eigenvalue weighted by atomic mass is 9.90. The van der Waals surface area contributed by atoms with Crippen molar-refractivity contribution < 1.29 is 4.74 Å². The molecule has 0 amide bonds. The molecular weight excluding hydrogens is 244 g/mol. The summed E-state index contributed by atoms with van der Waals surface area (Å²) in [6.07, 6.45) is 4.38. The van der Waals surface area contributed by atoms with Crippen molar-refractivity contribution in [3.8, 4) is 0 Å². The number of nitrogens with zero attached hydrogens (tertiary/aromatic N) is 1. The topological polar surface area (TPSA) is 34.2 Å². The van der Waals surface area contributed by atoms with Crippen molar-refractivity contribution in [2.24, 2.45) is 0 Å². The number of aromatic nitrogens is 1. The largest absolute Gasteiger partial charge is 0.375 e. The molecule has 2 rings (SSSR count). The standard InChI is InChI=1S/C14H24N2OS/c1-4-14(3)9-12(6-8-17-14)15-7-5-13-10-18-11(2)16-13/h10,12,15H,4-9H2,1-3H3. The Morgan fingerprint density at radius 1 is 1.61 bits per heavy atom. The lowest BCUT2D eigenvalue weighted by molar-refractivity contribution is -0.0778. The van der Waals surface area contributed by atoms with Gasteiger partial charge in [0.25, 0.3) is 0 Å². The molecule has 18 heavy (non-hydrogen) atoms. The molecule has 0 saturated carbocycles. The van der Waals surface area contributed by atoms with E-state index in [-0.39, 0.29) is 5.60 Å². The number of hydrogen-bond acceptors (Lipinski definition) is 4. The average molecular weight is 268 g/mol. The number of ether oxygens (including phenoxy) is 1. The number of nitrogens with one attached hydrogen (secondary N) is 1. The molecule has 1 N–H and O–H groups in total. The van der Waals surface area contributed by atoms with E-state index in [2.05, 4.69) is 36.5 Å². The Morgan fingerprint density at radius 2 is 2.44 bits per heavy atom. The summed E-state index contributed by atoms with van der Waals surface area (Å²) in [5.74, 6) is 0. The number of thiazole rings is 1. The van der Waals surface area contributed by atoms with E-state index in [1.165, 1.54) is 5.69 Å². The summed E-state index contributed by atoms with van der Waals surface area (Å²) < 4.78 is 5.86. The van der Waals surface area contributed by atoms with Gasteiger partial charge in [0, 0.05) is 31.0 Å². The van der Waals surface area contributed by atoms with Gasteiger partial charge in [-0.2, -0.15) is 0 Å². The fourth-order valence-corrected chi connectivity index (χ4v) is 3.12. The molecular formula is C14H24N2OS. The van der Waals surface area contributed by atoms with Crippen LogP contribution < -0.4 is 5.32 Å². The van der Waals surface area contributed by atoms with Crippen molar-refractivity contribution in [1.82, 2.24) is 10.3 Å². The van der Waals surface area contributed by atoms with Crippen LogP contribution in [0.15, 0.2) is 5.38 Å². The zero-order chi connectivity index (χ0) is 13.0. The van der Waals surface area contributed by atoms with Crippen LogP contribution in [-0.4, -0.2) is 29.8 Å². The molecule has 2 unspecified atom stereocenters. The molecule has 0 bridgehead atoms. The maximum absolute atomic E-state index is 5.86. The second-order valence-electron chi connectivity index (χ2n) is 5.40. The van der Waals surface area contributed by atoms with Crippen LogP contribution >= 0.6 is 11.3 Å². The van der Waals surface area contributed by atoms with E-state index in [0.29, 0.717) is 6.04 Å². The van der Waals surface area contributed by atoms with Gasteiger partial charge in [-0.1, -0.05) is 6.92 Å². The Labute approximate surface area is 114 Å². The number of aryl methyl sites for hydroxylation is 1. The third-order valence-electron chi connectivity index (χ3n) is 3.82. The van der Waals surface area contributed by atoms with E-state index in [1.807, 2.05) is 0 Å². The highest BCUT2D eigenvalue weighted by Crippen LogP contribution is 2.27. The van der Waals surface area contributed by atoms with Crippen molar-refractivity contribution in [2.45, 2.75) is 58.1 Å². The molecule has 0 aliphatic carbocycles. The lowest BCUT2D eigenvalue weighted by Crippen LogP contribution is -2.45. The molecule has 1 fully saturated rings. The first-order valence-electron chi connectivity index (χ1n) is 6.90. The third kappa shape index (κ3) is 3.77. The van der Waals surface area contributed by atoms with Crippen LogP contribution in [0, 0.1) is 6.92 Å². The van der Waals surface area contributed by atoms with Crippen LogP contribution in [0.5, 0.6) is 0 Å². The summed E-state index contributed by atoms with van der Waals surface area (Å²) in [5, 5.41) is 6.98.